The monoisotopic (exact) mass is 492 g/mol. The molecule has 7 unspecified atom stereocenters. The van der Waals surface area contributed by atoms with E-state index in [2.05, 4.69) is 24.1 Å². The molecule has 192 valence electrons. The lowest BCUT2D eigenvalue weighted by Gasteiger charge is -2.36. The van der Waals surface area contributed by atoms with E-state index in [1.807, 2.05) is 46.1 Å². The topological polar surface area (TPSA) is 95.0 Å². The van der Waals surface area contributed by atoms with Crippen molar-refractivity contribution >= 4 is 23.3 Å². The summed E-state index contributed by atoms with van der Waals surface area (Å²) in [5.74, 6) is 0.0545. The molecule has 3 heterocycles. The van der Waals surface area contributed by atoms with Crippen molar-refractivity contribution in [2.45, 2.75) is 117 Å². The Morgan fingerprint density at radius 1 is 1.26 bits per heavy atom. The standard InChI is InChI=1S/C27H44N2O4S/c1-16-9-8-10-27(7)23(33-27)12-21(17(2)11-20-15-34-19(4)28-20)29-24(31)13-22(30)26(5,6)14-18(3)25(16)32/h11,15-16,18,21-23,25,30,32H,8-10,12-14H2,1-7H3,(H,29,31)/b17-11+. The molecule has 1 amide bonds. The van der Waals surface area contributed by atoms with Crippen LogP contribution in [0.4, 0.5) is 0 Å². The molecule has 0 saturated carbocycles. The maximum Gasteiger partial charge on any atom is 0.223 e. The normalized spacial score (nSPS) is 38.1. The highest BCUT2D eigenvalue weighted by atomic mass is 32.1. The number of epoxide rings is 1. The number of nitrogens with zero attached hydrogens (tertiary/aromatic N) is 1. The summed E-state index contributed by atoms with van der Waals surface area (Å²) >= 11 is 1.61. The molecule has 0 aromatic carbocycles. The first-order valence-corrected chi connectivity index (χ1v) is 13.6. The van der Waals surface area contributed by atoms with E-state index < -0.39 is 17.6 Å². The molecule has 34 heavy (non-hydrogen) atoms. The number of aryl methyl sites for hydroxylation is 1. The smallest absolute Gasteiger partial charge is 0.223 e. The molecule has 0 aliphatic carbocycles. The number of amides is 1. The highest BCUT2D eigenvalue weighted by Crippen LogP contribution is 2.44. The van der Waals surface area contributed by atoms with E-state index in [0.29, 0.717) is 12.8 Å². The number of rotatable bonds is 2. The quantitative estimate of drug-likeness (QED) is 0.512. The third-order valence-electron chi connectivity index (χ3n) is 8.01. The van der Waals surface area contributed by atoms with E-state index in [-0.39, 0.29) is 41.9 Å². The van der Waals surface area contributed by atoms with Crippen molar-refractivity contribution in [2.75, 3.05) is 0 Å². The number of thiazole rings is 1. The first kappa shape index (κ1) is 27.3. The van der Waals surface area contributed by atoms with Crippen molar-refractivity contribution in [1.82, 2.24) is 10.3 Å². The first-order chi connectivity index (χ1) is 15.8. The fourth-order valence-corrected chi connectivity index (χ4v) is 6.03. The van der Waals surface area contributed by atoms with Crippen LogP contribution in [0.2, 0.25) is 0 Å². The minimum Gasteiger partial charge on any atom is -0.393 e. The second-order valence-corrected chi connectivity index (χ2v) is 12.8. The fraction of sp³-hybridized carbons (Fsp3) is 0.778. The van der Waals surface area contributed by atoms with E-state index in [4.69, 9.17) is 4.74 Å². The molecule has 0 bridgehead atoms. The Hall–Kier alpha value is -1.28. The molecule has 7 atom stereocenters. The van der Waals surface area contributed by atoms with Crippen molar-refractivity contribution in [2.24, 2.45) is 17.3 Å². The minimum absolute atomic E-state index is 0.0355. The Kier molecular flexibility index (Phi) is 8.65. The van der Waals surface area contributed by atoms with Gasteiger partial charge in [0.2, 0.25) is 5.91 Å². The molecule has 2 aliphatic rings. The number of fused-ring (bicyclic) bond motifs is 1. The number of ether oxygens (including phenoxy) is 1. The van der Waals surface area contributed by atoms with Crippen LogP contribution >= 0.6 is 11.3 Å². The number of aliphatic hydroxyl groups is 2. The van der Waals surface area contributed by atoms with Crippen LogP contribution < -0.4 is 5.32 Å². The average molecular weight is 493 g/mol. The SMILES string of the molecule is C/C(=C\c1csc(C)n1)C1CC2OC2(C)CCCC(C)C(O)C(C)CC(C)(C)C(O)CC(=O)N1. The Morgan fingerprint density at radius 2 is 1.97 bits per heavy atom. The molecular weight excluding hydrogens is 448 g/mol. The van der Waals surface area contributed by atoms with Crippen LogP contribution in [0.15, 0.2) is 11.0 Å². The van der Waals surface area contributed by atoms with Gasteiger partial charge >= 0.3 is 0 Å². The minimum atomic E-state index is -0.793. The van der Waals surface area contributed by atoms with Gasteiger partial charge in [0.15, 0.2) is 0 Å². The third kappa shape index (κ3) is 6.90. The van der Waals surface area contributed by atoms with Gasteiger partial charge in [-0.2, -0.15) is 0 Å². The lowest BCUT2D eigenvalue weighted by molar-refractivity contribution is -0.125. The van der Waals surface area contributed by atoms with E-state index >= 15 is 0 Å². The predicted molar refractivity (Wildman–Crippen MR) is 138 cm³/mol. The molecule has 2 saturated heterocycles. The number of hydrogen-bond donors (Lipinski definition) is 3. The van der Waals surface area contributed by atoms with Crippen molar-refractivity contribution in [1.29, 1.82) is 0 Å². The van der Waals surface area contributed by atoms with E-state index in [0.717, 1.165) is 35.5 Å². The van der Waals surface area contributed by atoms with Crippen LogP contribution in [0.3, 0.4) is 0 Å². The van der Waals surface area contributed by atoms with Gasteiger partial charge in [0.1, 0.15) is 0 Å². The summed E-state index contributed by atoms with van der Waals surface area (Å²) in [5.41, 5.74) is 1.28. The maximum atomic E-state index is 13.0. The molecule has 7 heteroatoms. The van der Waals surface area contributed by atoms with Crippen molar-refractivity contribution in [3.05, 3.63) is 21.7 Å². The van der Waals surface area contributed by atoms with E-state index in [1.54, 1.807) is 11.3 Å². The highest BCUT2D eigenvalue weighted by molar-refractivity contribution is 7.09. The molecule has 1 aromatic heterocycles. The Morgan fingerprint density at radius 3 is 2.62 bits per heavy atom. The number of aliphatic hydroxyl groups excluding tert-OH is 2. The van der Waals surface area contributed by atoms with Crippen LogP contribution in [-0.4, -0.2) is 51.1 Å². The van der Waals surface area contributed by atoms with Gasteiger partial charge in [0.05, 0.1) is 47.1 Å². The number of hydrogen-bond acceptors (Lipinski definition) is 6. The zero-order valence-corrected chi connectivity index (χ0v) is 22.7. The van der Waals surface area contributed by atoms with Gasteiger partial charge in [-0.3, -0.25) is 4.79 Å². The zero-order valence-electron chi connectivity index (χ0n) is 21.9. The summed E-state index contributed by atoms with van der Waals surface area (Å²) in [6, 6.07) is -0.177. The first-order valence-electron chi connectivity index (χ1n) is 12.7. The number of nitrogens with one attached hydrogen (secondary N) is 1. The van der Waals surface area contributed by atoms with Crippen LogP contribution in [0.1, 0.15) is 90.8 Å². The van der Waals surface area contributed by atoms with Gasteiger partial charge in [0, 0.05) is 11.8 Å². The average Bonchev–Trinajstić information content (AvgIpc) is 3.18. The molecule has 3 N–H and O–H groups in total. The second kappa shape index (κ2) is 10.8. The van der Waals surface area contributed by atoms with Gasteiger partial charge < -0.3 is 20.3 Å². The molecule has 0 spiro atoms. The molecule has 3 rings (SSSR count). The fourth-order valence-electron chi connectivity index (χ4n) is 5.46. The lowest BCUT2D eigenvalue weighted by Crippen LogP contribution is -2.42. The zero-order chi connectivity index (χ0) is 25.3. The van der Waals surface area contributed by atoms with Crippen molar-refractivity contribution in [3.8, 4) is 0 Å². The maximum absolute atomic E-state index is 13.0. The molecule has 1 aromatic rings. The van der Waals surface area contributed by atoms with Crippen molar-refractivity contribution < 1.29 is 19.7 Å². The van der Waals surface area contributed by atoms with Gasteiger partial charge in [-0.1, -0.05) is 34.1 Å². The second-order valence-electron chi connectivity index (χ2n) is 11.7. The van der Waals surface area contributed by atoms with Crippen LogP contribution in [0, 0.1) is 24.2 Å². The number of carbonyl (C=O) groups excluding carboxylic acids is 1. The van der Waals surface area contributed by atoms with Gasteiger partial charge in [0.25, 0.3) is 0 Å². The van der Waals surface area contributed by atoms with Crippen molar-refractivity contribution in [3.63, 3.8) is 0 Å². The summed E-state index contributed by atoms with van der Waals surface area (Å²) in [7, 11) is 0. The Bertz CT molecular complexity index is 882. The van der Waals surface area contributed by atoms with E-state index in [9.17, 15) is 15.0 Å². The van der Waals surface area contributed by atoms with Gasteiger partial charge in [-0.25, -0.2) is 4.98 Å². The summed E-state index contributed by atoms with van der Waals surface area (Å²) in [4.78, 5) is 17.6. The lowest BCUT2D eigenvalue weighted by atomic mass is 9.74. The molecule has 2 fully saturated rings. The largest absolute Gasteiger partial charge is 0.393 e. The summed E-state index contributed by atoms with van der Waals surface area (Å²) < 4.78 is 6.13. The molecule has 2 aliphatic heterocycles. The van der Waals surface area contributed by atoms with E-state index in [1.165, 1.54) is 0 Å². The molecule has 6 nitrogen and oxygen atoms in total. The van der Waals surface area contributed by atoms with Crippen LogP contribution in [-0.2, 0) is 9.53 Å². The highest BCUT2D eigenvalue weighted by Gasteiger charge is 2.52. The summed E-state index contributed by atoms with van der Waals surface area (Å²) in [5, 5.41) is 28.1. The third-order valence-corrected chi connectivity index (χ3v) is 8.80. The molecular formula is C27H44N2O4S. The predicted octanol–water partition coefficient (Wildman–Crippen LogP) is 4.87. The van der Waals surface area contributed by atoms with Gasteiger partial charge in [-0.05, 0) is 68.9 Å². The number of carbonyl (C=O) groups is 1. The Labute approximate surface area is 209 Å². The summed E-state index contributed by atoms with van der Waals surface area (Å²) in [6.45, 7) is 14.3. The molecule has 0 radical (unpaired) electrons. The Balaban J connectivity index is 1.81. The van der Waals surface area contributed by atoms with Gasteiger partial charge in [-0.15, -0.1) is 11.3 Å². The van der Waals surface area contributed by atoms with Crippen LogP contribution in [0.5, 0.6) is 0 Å². The summed E-state index contributed by atoms with van der Waals surface area (Å²) in [6.07, 6.45) is 5.17. The van der Waals surface area contributed by atoms with Crippen LogP contribution in [0.25, 0.3) is 6.08 Å². The number of aromatic nitrogens is 1.